The molecule has 2 aromatic rings. The van der Waals surface area contributed by atoms with E-state index in [4.69, 9.17) is 9.47 Å². The van der Waals surface area contributed by atoms with E-state index >= 15 is 0 Å². The number of esters is 1. The van der Waals surface area contributed by atoms with Crippen LogP contribution < -0.4 is 15.0 Å². The van der Waals surface area contributed by atoms with E-state index in [9.17, 15) is 23.2 Å². The third-order valence-corrected chi connectivity index (χ3v) is 4.27. The topological polar surface area (TPSA) is 84.9 Å². The second kappa shape index (κ2) is 8.26. The molecule has 0 saturated carbocycles. The largest absolute Gasteiger partial charge is 0.475 e. The van der Waals surface area contributed by atoms with Crippen LogP contribution in [0.5, 0.6) is 5.75 Å². The summed E-state index contributed by atoms with van der Waals surface area (Å²) in [4.78, 5) is 37.9. The molecule has 1 heterocycles. The van der Waals surface area contributed by atoms with Crippen molar-refractivity contribution in [3.05, 3.63) is 54.1 Å². The molecule has 29 heavy (non-hydrogen) atoms. The van der Waals surface area contributed by atoms with Gasteiger partial charge in [0.25, 0.3) is 5.91 Å². The number of hydrogen-bond acceptors (Lipinski definition) is 5. The number of nitrogens with one attached hydrogen (secondary N) is 1. The summed E-state index contributed by atoms with van der Waals surface area (Å²) in [6.45, 7) is 2.55. The normalized spacial score (nSPS) is 16.3. The van der Waals surface area contributed by atoms with Crippen LogP contribution in [0.3, 0.4) is 0 Å². The van der Waals surface area contributed by atoms with Gasteiger partial charge in [-0.3, -0.25) is 9.59 Å². The average molecular weight is 404 g/mol. The first-order chi connectivity index (χ1) is 13.8. The summed E-state index contributed by atoms with van der Waals surface area (Å²) in [5.41, 5.74) is 0.153. The Morgan fingerprint density at radius 2 is 1.93 bits per heavy atom. The maximum Gasteiger partial charge on any atom is 0.350 e. The van der Waals surface area contributed by atoms with Gasteiger partial charge in [-0.2, -0.15) is 0 Å². The predicted molar refractivity (Wildman–Crippen MR) is 99.4 cm³/mol. The van der Waals surface area contributed by atoms with Crippen LogP contribution >= 0.6 is 0 Å². The summed E-state index contributed by atoms with van der Waals surface area (Å²) in [6, 6.07) is 9.30. The lowest BCUT2D eigenvalue weighted by Gasteiger charge is -2.33. The molecule has 0 aromatic heterocycles. The summed E-state index contributed by atoms with van der Waals surface area (Å²) < 4.78 is 37.6. The van der Waals surface area contributed by atoms with E-state index in [0.717, 1.165) is 18.2 Å². The summed E-state index contributed by atoms with van der Waals surface area (Å²) in [5.74, 6) is -3.23. The van der Waals surface area contributed by atoms with Gasteiger partial charge in [-0.05, 0) is 31.2 Å². The predicted octanol–water partition coefficient (Wildman–Crippen LogP) is 2.65. The molecule has 7 nitrogen and oxygen atoms in total. The monoisotopic (exact) mass is 404 g/mol. The minimum atomic E-state index is -1.31. The number of amides is 2. The van der Waals surface area contributed by atoms with Gasteiger partial charge in [-0.1, -0.05) is 12.1 Å². The first-order valence-corrected chi connectivity index (χ1v) is 8.76. The SMILES string of the molecule is CC(=O)N1C[C@@H](C(=O)O[C@H](C)C(=O)Nc2cc(F)ccc2F)Oc2ccccc21. The Balaban J connectivity index is 1.67. The number of nitrogens with zero attached hydrogens (tertiary/aromatic N) is 1. The van der Waals surface area contributed by atoms with E-state index in [1.165, 1.54) is 18.7 Å². The molecule has 0 aliphatic carbocycles. The molecule has 3 rings (SSSR count). The van der Waals surface area contributed by atoms with Crippen LogP contribution in [0.2, 0.25) is 0 Å². The van der Waals surface area contributed by atoms with E-state index in [0.29, 0.717) is 11.4 Å². The first-order valence-electron chi connectivity index (χ1n) is 8.76. The zero-order valence-electron chi connectivity index (χ0n) is 15.6. The van der Waals surface area contributed by atoms with Crippen molar-refractivity contribution >= 4 is 29.2 Å². The molecular formula is C20H18F2N2O5. The second-order valence-corrected chi connectivity index (χ2v) is 6.40. The maximum atomic E-state index is 13.7. The van der Waals surface area contributed by atoms with Gasteiger partial charge in [-0.25, -0.2) is 13.6 Å². The van der Waals surface area contributed by atoms with Crippen molar-refractivity contribution in [3.63, 3.8) is 0 Å². The van der Waals surface area contributed by atoms with E-state index in [1.54, 1.807) is 24.3 Å². The van der Waals surface area contributed by atoms with Gasteiger partial charge in [-0.15, -0.1) is 0 Å². The van der Waals surface area contributed by atoms with E-state index in [2.05, 4.69) is 5.32 Å². The molecule has 0 unspecified atom stereocenters. The Hall–Kier alpha value is -3.49. The Kier molecular flexibility index (Phi) is 5.76. The van der Waals surface area contributed by atoms with Gasteiger partial charge in [0, 0.05) is 13.0 Å². The number of hydrogen-bond donors (Lipinski definition) is 1. The van der Waals surface area contributed by atoms with E-state index in [1.807, 2.05) is 0 Å². The standard InChI is InChI=1S/C20H18F2N2O5/c1-11(19(26)23-15-9-13(21)7-8-14(15)22)28-20(27)18-10-24(12(2)25)16-5-3-4-6-17(16)29-18/h3-9,11,18H,10H2,1-2H3,(H,23,26)/t11-,18+/m1/s1. The lowest BCUT2D eigenvalue weighted by Crippen LogP contribution is -2.48. The fraction of sp³-hybridized carbons (Fsp3) is 0.250. The number of rotatable bonds is 4. The van der Waals surface area contributed by atoms with Crippen molar-refractivity contribution in [1.29, 1.82) is 0 Å². The van der Waals surface area contributed by atoms with Crippen LogP contribution in [0.1, 0.15) is 13.8 Å². The van der Waals surface area contributed by atoms with E-state index < -0.39 is 35.7 Å². The number of carbonyl (C=O) groups excluding carboxylic acids is 3. The van der Waals surface area contributed by atoms with Crippen molar-refractivity contribution in [1.82, 2.24) is 0 Å². The van der Waals surface area contributed by atoms with Gasteiger partial charge in [0.15, 0.2) is 6.10 Å². The number of ether oxygens (including phenoxy) is 2. The van der Waals surface area contributed by atoms with Crippen molar-refractivity contribution in [2.75, 3.05) is 16.8 Å². The molecule has 1 aliphatic heterocycles. The Morgan fingerprint density at radius 1 is 1.21 bits per heavy atom. The Morgan fingerprint density at radius 3 is 2.66 bits per heavy atom. The van der Waals surface area contributed by atoms with E-state index in [-0.39, 0.29) is 18.1 Å². The van der Waals surface area contributed by atoms with Gasteiger partial charge in [0.05, 0.1) is 17.9 Å². The van der Waals surface area contributed by atoms with Gasteiger partial charge in [0.2, 0.25) is 12.0 Å². The minimum absolute atomic E-state index is 0.0853. The molecule has 1 N–H and O–H groups in total. The van der Waals surface area contributed by atoms with Crippen LogP contribution in [-0.4, -0.2) is 36.5 Å². The fourth-order valence-electron chi connectivity index (χ4n) is 2.79. The third-order valence-electron chi connectivity index (χ3n) is 4.27. The number of anilines is 2. The zero-order chi connectivity index (χ0) is 21.1. The van der Waals surface area contributed by atoms with Gasteiger partial charge in [0.1, 0.15) is 17.4 Å². The summed E-state index contributed by atoms with van der Waals surface area (Å²) in [5, 5.41) is 2.17. The van der Waals surface area contributed by atoms with Crippen molar-refractivity contribution < 1.29 is 32.6 Å². The smallest absolute Gasteiger partial charge is 0.350 e. The number of para-hydroxylation sites is 2. The number of halogens is 2. The molecule has 2 aromatic carbocycles. The van der Waals surface area contributed by atoms with Crippen LogP contribution in [0.4, 0.5) is 20.2 Å². The lowest BCUT2D eigenvalue weighted by molar-refractivity contribution is -0.160. The highest BCUT2D eigenvalue weighted by atomic mass is 19.1. The van der Waals surface area contributed by atoms with Crippen LogP contribution in [0.15, 0.2) is 42.5 Å². The van der Waals surface area contributed by atoms with Crippen molar-refractivity contribution in [3.8, 4) is 5.75 Å². The summed E-state index contributed by atoms with van der Waals surface area (Å²) >= 11 is 0. The summed E-state index contributed by atoms with van der Waals surface area (Å²) in [7, 11) is 0. The van der Waals surface area contributed by atoms with Crippen LogP contribution in [0, 0.1) is 11.6 Å². The molecule has 1 aliphatic rings. The van der Waals surface area contributed by atoms with Crippen molar-refractivity contribution in [2.45, 2.75) is 26.1 Å². The highest BCUT2D eigenvalue weighted by molar-refractivity contribution is 5.97. The van der Waals surface area contributed by atoms with Gasteiger partial charge >= 0.3 is 5.97 Å². The lowest BCUT2D eigenvalue weighted by atomic mass is 10.2. The zero-order valence-corrected chi connectivity index (χ0v) is 15.6. The average Bonchev–Trinajstić information content (AvgIpc) is 2.69. The molecule has 0 spiro atoms. The van der Waals surface area contributed by atoms with Gasteiger partial charge < -0.3 is 19.7 Å². The summed E-state index contributed by atoms with van der Waals surface area (Å²) in [6.07, 6.45) is -2.45. The Bertz CT molecular complexity index is 966. The molecule has 152 valence electrons. The number of fused-ring (bicyclic) bond motifs is 1. The quantitative estimate of drug-likeness (QED) is 0.792. The molecule has 2 amide bonds. The highest BCUT2D eigenvalue weighted by Gasteiger charge is 2.35. The first kappa shape index (κ1) is 20.2. The van der Waals surface area contributed by atoms with Crippen LogP contribution in [-0.2, 0) is 19.1 Å². The molecule has 0 radical (unpaired) electrons. The molecular weight excluding hydrogens is 386 g/mol. The molecule has 0 saturated heterocycles. The maximum absolute atomic E-state index is 13.7. The Labute approximate surface area is 165 Å². The molecule has 2 atom stereocenters. The highest BCUT2D eigenvalue weighted by Crippen LogP contribution is 2.33. The minimum Gasteiger partial charge on any atom is -0.475 e. The molecule has 0 fully saturated rings. The van der Waals surface area contributed by atoms with Crippen molar-refractivity contribution in [2.24, 2.45) is 0 Å². The molecule has 0 bridgehead atoms. The number of carbonyl (C=O) groups is 3. The second-order valence-electron chi connectivity index (χ2n) is 6.40. The number of benzene rings is 2. The molecule has 9 heteroatoms. The fourth-order valence-corrected chi connectivity index (χ4v) is 2.79. The van der Waals surface area contributed by atoms with Crippen LogP contribution in [0.25, 0.3) is 0 Å². The third kappa shape index (κ3) is 4.50.